The summed E-state index contributed by atoms with van der Waals surface area (Å²) in [4.78, 5) is 0. The molecule has 0 atom stereocenters. The van der Waals surface area contributed by atoms with Crippen LogP contribution in [0.25, 0.3) is 0 Å². The Balaban J connectivity index is 2.97. The molecule has 0 aliphatic carbocycles. The van der Waals surface area contributed by atoms with Crippen molar-refractivity contribution >= 4 is 12.6 Å². The Morgan fingerprint density at radius 3 is 1.69 bits per heavy atom. The molecular weight excluding hydrogens is 355 g/mol. The third-order valence-electron chi connectivity index (χ3n) is 5.68. The lowest BCUT2D eigenvalue weighted by Crippen LogP contribution is -2.40. The highest BCUT2D eigenvalue weighted by Gasteiger charge is 2.25. The van der Waals surface area contributed by atoms with Gasteiger partial charge >= 0.3 is 7.12 Å². The quantitative estimate of drug-likeness (QED) is 0.179. The molecule has 0 unspecified atom stereocenters. The summed E-state index contributed by atoms with van der Waals surface area (Å²) in [6, 6.07) is 6.82. The molecular formula is C26H47BO2. The van der Waals surface area contributed by atoms with Crippen molar-refractivity contribution in [3.05, 3.63) is 29.3 Å². The lowest BCUT2D eigenvalue weighted by molar-refractivity contribution is 0.200. The number of aryl methyl sites for hydroxylation is 1. The van der Waals surface area contributed by atoms with Gasteiger partial charge in [-0.1, -0.05) is 97.3 Å². The molecule has 0 radical (unpaired) electrons. The fourth-order valence-corrected chi connectivity index (χ4v) is 3.84. The molecule has 1 aromatic rings. The van der Waals surface area contributed by atoms with Crippen molar-refractivity contribution in [1.82, 2.24) is 0 Å². The van der Waals surface area contributed by atoms with Crippen LogP contribution in [0, 0.1) is 0 Å². The number of rotatable bonds is 19. The molecule has 0 fully saturated rings. The molecule has 2 nitrogen and oxygen atoms in total. The van der Waals surface area contributed by atoms with E-state index >= 15 is 0 Å². The molecule has 0 aliphatic rings. The largest absolute Gasteiger partial charge is 0.494 e. The second kappa shape index (κ2) is 18.0. The summed E-state index contributed by atoms with van der Waals surface area (Å²) in [6.07, 6.45) is 17.1. The predicted molar refractivity (Wildman–Crippen MR) is 129 cm³/mol. The summed E-state index contributed by atoms with van der Waals surface area (Å²) in [6.45, 7) is 10.6. The molecule has 0 saturated heterocycles. The summed E-state index contributed by atoms with van der Waals surface area (Å²) in [5.41, 5.74) is 4.32. The third kappa shape index (κ3) is 11.2. The topological polar surface area (TPSA) is 18.5 Å². The van der Waals surface area contributed by atoms with Crippen LogP contribution in [0.2, 0.25) is 0 Å². The van der Waals surface area contributed by atoms with E-state index in [1.807, 2.05) is 0 Å². The van der Waals surface area contributed by atoms with E-state index in [0.29, 0.717) is 0 Å². The molecule has 1 rings (SSSR count). The maximum absolute atomic E-state index is 6.32. The number of unbranched alkanes of at least 4 members (excludes halogenated alkanes) is 8. The van der Waals surface area contributed by atoms with Crippen LogP contribution in [0.4, 0.5) is 0 Å². The second-order valence-corrected chi connectivity index (χ2v) is 8.39. The van der Waals surface area contributed by atoms with Crippen molar-refractivity contribution in [2.75, 3.05) is 13.2 Å². The first kappa shape index (κ1) is 26.2. The molecule has 0 spiro atoms. The van der Waals surface area contributed by atoms with E-state index in [1.54, 1.807) is 0 Å². The fraction of sp³-hybridized carbons (Fsp3) is 0.769. The maximum Gasteiger partial charge on any atom is 0.494 e. The highest BCUT2D eigenvalue weighted by molar-refractivity contribution is 6.61. The van der Waals surface area contributed by atoms with Crippen molar-refractivity contribution in [3.8, 4) is 0 Å². The van der Waals surface area contributed by atoms with Gasteiger partial charge in [0.2, 0.25) is 0 Å². The van der Waals surface area contributed by atoms with Gasteiger partial charge in [0.05, 0.1) is 0 Å². The van der Waals surface area contributed by atoms with E-state index in [4.69, 9.17) is 9.31 Å². The van der Waals surface area contributed by atoms with Gasteiger partial charge in [-0.2, -0.15) is 0 Å². The van der Waals surface area contributed by atoms with Gasteiger partial charge in [-0.15, -0.1) is 0 Å². The normalized spacial score (nSPS) is 11.2. The minimum Gasteiger partial charge on any atom is -0.407 e. The average molecular weight is 402 g/mol. The predicted octanol–water partition coefficient (Wildman–Crippen LogP) is 7.26. The Morgan fingerprint density at radius 1 is 0.621 bits per heavy atom. The molecule has 0 aliphatic heterocycles. The number of hydrogen-bond acceptors (Lipinski definition) is 2. The Kier molecular flexibility index (Phi) is 16.3. The van der Waals surface area contributed by atoms with E-state index in [-0.39, 0.29) is 7.12 Å². The Hall–Kier alpha value is -0.795. The monoisotopic (exact) mass is 402 g/mol. The van der Waals surface area contributed by atoms with Crippen molar-refractivity contribution in [2.45, 2.75) is 118 Å². The van der Waals surface area contributed by atoms with Gasteiger partial charge in [0.25, 0.3) is 0 Å². The van der Waals surface area contributed by atoms with E-state index < -0.39 is 0 Å². The lowest BCUT2D eigenvalue weighted by atomic mass is 9.72. The molecule has 0 N–H and O–H groups in total. The number of benzene rings is 1. The molecule has 0 bridgehead atoms. The van der Waals surface area contributed by atoms with E-state index in [9.17, 15) is 0 Å². The highest BCUT2D eigenvalue weighted by atomic mass is 16.6. The van der Waals surface area contributed by atoms with Crippen molar-refractivity contribution < 1.29 is 9.31 Å². The van der Waals surface area contributed by atoms with Gasteiger partial charge in [-0.3, -0.25) is 0 Å². The first-order chi connectivity index (χ1) is 14.3. The molecule has 0 saturated carbocycles. The zero-order chi connectivity index (χ0) is 21.2. The zero-order valence-corrected chi connectivity index (χ0v) is 19.9. The molecule has 166 valence electrons. The van der Waals surface area contributed by atoms with Crippen LogP contribution in [-0.4, -0.2) is 20.3 Å². The highest BCUT2D eigenvalue weighted by Crippen LogP contribution is 2.16. The Morgan fingerprint density at radius 2 is 1.14 bits per heavy atom. The number of hydrogen-bond donors (Lipinski definition) is 0. The average Bonchev–Trinajstić information content (AvgIpc) is 2.74. The molecule has 3 heteroatoms. The van der Waals surface area contributed by atoms with Crippen LogP contribution in [0.3, 0.4) is 0 Å². The molecule has 0 heterocycles. The fourth-order valence-electron chi connectivity index (χ4n) is 3.84. The van der Waals surface area contributed by atoms with Crippen molar-refractivity contribution in [1.29, 1.82) is 0 Å². The van der Waals surface area contributed by atoms with Crippen LogP contribution in [0.5, 0.6) is 0 Å². The standard InChI is InChI=1S/C26H47BO2/c1-5-9-13-18-24-19-17-21-26(25(24)20-14-10-6-2)27(28-22-15-11-7-3)29-23-16-12-8-4/h17,19,21H,5-16,18,20,22-23H2,1-4H3. The van der Waals surface area contributed by atoms with Crippen molar-refractivity contribution in [3.63, 3.8) is 0 Å². The maximum atomic E-state index is 6.32. The van der Waals surface area contributed by atoms with E-state index in [1.165, 1.54) is 87.2 Å². The van der Waals surface area contributed by atoms with E-state index in [2.05, 4.69) is 45.9 Å². The van der Waals surface area contributed by atoms with Gasteiger partial charge in [-0.25, -0.2) is 0 Å². The SMILES string of the molecule is CCCCCOB(OCCCCC)c1cccc(CCCCC)c1CCCCC. The van der Waals surface area contributed by atoms with E-state index in [0.717, 1.165) is 32.5 Å². The molecule has 0 amide bonds. The summed E-state index contributed by atoms with van der Waals surface area (Å²) in [5.74, 6) is 0. The Labute approximate surface area is 182 Å². The molecule has 29 heavy (non-hydrogen) atoms. The first-order valence-electron chi connectivity index (χ1n) is 12.6. The third-order valence-corrected chi connectivity index (χ3v) is 5.68. The second-order valence-electron chi connectivity index (χ2n) is 8.39. The van der Waals surface area contributed by atoms with Gasteiger partial charge < -0.3 is 9.31 Å². The summed E-state index contributed by atoms with van der Waals surface area (Å²) < 4.78 is 12.6. The lowest BCUT2D eigenvalue weighted by Gasteiger charge is -2.21. The van der Waals surface area contributed by atoms with Gasteiger partial charge in [0.1, 0.15) is 0 Å². The summed E-state index contributed by atoms with van der Waals surface area (Å²) in [5, 5.41) is 0. The first-order valence-corrected chi connectivity index (χ1v) is 12.6. The molecule has 1 aromatic carbocycles. The van der Waals surface area contributed by atoms with Crippen LogP contribution >= 0.6 is 0 Å². The van der Waals surface area contributed by atoms with Crippen molar-refractivity contribution in [2.24, 2.45) is 0 Å². The minimum absolute atomic E-state index is 0.202. The Bertz CT molecular complexity index is 491. The summed E-state index contributed by atoms with van der Waals surface area (Å²) in [7, 11) is -0.202. The van der Waals surface area contributed by atoms with Crippen LogP contribution in [0.1, 0.15) is 116 Å². The van der Waals surface area contributed by atoms with Crippen LogP contribution in [-0.2, 0) is 22.2 Å². The van der Waals surface area contributed by atoms with Gasteiger partial charge in [0, 0.05) is 13.2 Å². The minimum atomic E-state index is -0.202. The van der Waals surface area contributed by atoms with Crippen LogP contribution in [0.15, 0.2) is 18.2 Å². The van der Waals surface area contributed by atoms with Gasteiger partial charge in [-0.05, 0) is 55.1 Å². The zero-order valence-electron chi connectivity index (χ0n) is 19.9. The molecule has 0 aromatic heterocycles. The van der Waals surface area contributed by atoms with Crippen LogP contribution < -0.4 is 5.46 Å². The van der Waals surface area contributed by atoms with Gasteiger partial charge in [0.15, 0.2) is 0 Å². The summed E-state index contributed by atoms with van der Waals surface area (Å²) >= 11 is 0. The smallest absolute Gasteiger partial charge is 0.407 e.